The Hall–Kier alpha value is -3.98. The molecule has 2 amide bonds. The Kier molecular flexibility index (Phi) is 8.93. The normalized spacial score (nSPS) is 10.9. The standard InChI is InChI=1S/C25H26N2O6S/c1-30-18-6-4-7-19(15-18)33-12-11-26-25(29)21(16-20-8-5-13-34-20)27-24(28)17-9-10-22(31-2)23(14-17)32-3/h4-10,13-16H,11-12H2,1-3H3,(H,26,29)(H,27,28)/b21-16-. The summed E-state index contributed by atoms with van der Waals surface area (Å²) in [5.74, 6) is 1.34. The van der Waals surface area contributed by atoms with Gasteiger partial charge >= 0.3 is 0 Å². The minimum atomic E-state index is -0.452. The van der Waals surface area contributed by atoms with Gasteiger partial charge in [0.1, 0.15) is 23.8 Å². The molecule has 0 saturated heterocycles. The number of benzene rings is 2. The summed E-state index contributed by atoms with van der Waals surface area (Å²) < 4.78 is 21.3. The summed E-state index contributed by atoms with van der Waals surface area (Å²) in [5, 5.41) is 7.36. The summed E-state index contributed by atoms with van der Waals surface area (Å²) in [6.45, 7) is 0.485. The summed E-state index contributed by atoms with van der Waals surface area (Å²) in [5.41, 5.74) is 0.438. The van der Waals surface area contributed by atoms with Crippen molar-refractivity contribution in [2.45, 2.75) is 0 Å². The minimum Gasteiger partial charge on any atom is -0.497 e. The SMILES string of the molecule is COc1cccc(OCCNC(=O)/C(=C/c2cccs2)NC(=O)c2ccc(OC)c(OC)c2)c1. The molecular weight excluding hydrogens is 456 g/mol. The largest absolute Gasteiger partial charge is 0.497 e. The van der Waals surface area contributed by atoms with Crippen LogP contribution in [-0.4, -0.2) is 46.3 Å². The smallest absolute Gasteiger partial charge is 0.267 e. The number of hydrogen-bond donors (Lipinski definition) is 2. The first-order valence-electron chi connectivity index (χ1n) is 10.4. The Morgan fingerprint density at radius 1 is 0.912 bits per heavy atom. The molecule has 0 saturated carbocycles. The van der Waals surface area contributed by atoms with Crippen LogP contribution < -0.4 is 29.6 Å². The monoisotopic (exact) mass is 482 g/mol. The number of thiophene rings is 1. The van der Waals surface area contributed by atoms with E-state index in [1.165, 1.54) is 25.6 Å². The molecule has 9 heteroatoms. The Labute approximate surface area is 202 Å². The lowest BCUT2D eigenvalue weighted by Crippen LogP contribution is -2.36. The van der Waals surface area contributed by atoms with Gasteiger partial charge in [0, 0.05) is 16.5 Å². The van der Waals surface area contributed by atoms with E-state index in [1.807, 2.05) is 29.6 Å². The quantitative estimate of drug-likeness (QED) is 0.319. The third kappa shape index (κ3) is 6.76. The van der Waals surface area contributed by atoms with Crippen molar-refractivity contribution in [1.29, 1.82) is 0 Å². The maximum atomic E-state index is 12.9. The second-order valence-corrected chi connectivity index (χ2v) is 7.86. The van der Waals surface area contributed by atoms with E-state index in [4.69, 9.17) is 18.9 Å². The van der Waals surface area contributed by atoms with Crippen molar-refractivity contribution >= 4 is 29.2 Å². The maximum Gasteiger partial charge on any atom is 0.267 e. The van der Waals surface area contributed by atoms with E-state index < -0.39 is 11.8 Å². The predicted octanol–water partition coefficient (Wildman–Crippen LogP) is 3.74. The van der Waals surface area contributed by atoms with Gasteiger partial charge in [-0.2, -0.15) is 0 Å². The molecule has 2 N–H and O–H groups in total. The van der Waals surface area contributed by atoms with Crippen molar-refractivity contribution in [3.05, 3.63) is 76.1 Å². The Morgan fingerprint density at radius 3 is 2.41 bits per heavy atom. The molecule has 0 unspecified atom stereocenters. The summed E-state index contributed by atoms with van der Waals surface area (Å²) >= 11 is 1.45. The zero-order valence-electron chi connectivity index (χ0n) is 19.1. The molecular formula is C25H26N2O6S. The average Bonchev–Trinajstić information content (AvgIpc) is 3.38. The van der Waals surface area contributed by atoms with E-state index in [2.05, 4.69) is 10.6 Å². The van der Waals surface area contributed by atoms with E-state index >= 15 is 0 Å². The average molecular weight is 483 g/mol. The third-order valence-electron chi connectivity index (χ3n) is 4.67. The van der Waals surface area contributed by atoms with Crippen molar-refractivity contribution in [3.63, 3.8) is 0 Å². The zero-order valence-corrected chi connectivity index (χ0v) is 19.9. The van der Waals surface area contributed by atoms with Crippen LogP contribution in [0.15, 0.2) is 65.7 Å². The van der Waals surface area contributed by atoms with Gasteiger partial charge in [0.2, 0.25) is 0 Å². The van der Waals surface area contributed by atoms with E-state index in [1.54, 1.807) is 43.5 Å². The lowest BCUT2D eigenvalue weighted by Gasteiger charge is -2.13. The number of rotatable bonds is 11. The molecule has 1 heterocycles. The fourth-order valence-corrected chi connectivity index (χ4v) is 3.62. The van der Waals surface area contributed by atoms with Gasteiger partial charge in [-0.05, 0) is 47.9 Å². The predicted molar refractivity (Wildman–Crippen MR) is 131 cm³/mol. The van der Waals surface area contributed by atoms with Crippen LogP contribution in [-0.2, 0) is 4.79 Å². The fraction of sp³-hybridized carbons (Fsp3) is 0.200. The summed E-state index contributed by atoms with van der Waals surface area (Å²) in [4.78, 5) is 26.6. The Morgan fingerprint density at radius 2 is 1.71 bits per heavy atom. The molecule has 2 aromatic carbocycles. The second-order valence-electron chi connectivity index (χ2n) is 6.88. The number of amides is 2. The van der Waals surface area contributed by atoms with Gasteiger partial charge < -0.3 is 29.6 Å². The van der Waals surface area contributed by atoms with E-state index in [9.17, 15) is 9.59 Å². The van der Waals surface area contributed by atoms with Crippen molar-refractivity contribution in [3.8, 4) is 23.0 Å². The Balaban J connectivity index is 1.66. The molecule has 0 radical (unpaired) electrons. The van der Waals surface area contributed by atoms with Gasteiger partial charge in [-0.25, -0.2) is 0 Å². The highest BCUT2D eigenvalue weighted by Gasteiger charge is 2.16. The van der Waals surface area contributed by atoms with Gasteiger partial charge in [-0.15, -0.1) is 11.3 Å². The molecule has 0 atom stereocenters. The van der Waals surface area contributed by atoms with Crippen LogP contribution in [0, 0.1) is 0 Å². The van der Waals surface area contributed by atoms with Crippen molar-refractivity contribution in [2.24, 2.45) is 0 Å². The lowest BCUT2D eigenvalue weighted by atomic mass is 10.1. The molecule has 34 heavy (non-hydrogen) atoms. The molecule has 0 spiro atoms. The van der Waals surface area contributed by atoms with E-state index in [-0.39, 0.29) is 18.8 Å². The number of carbonyl (C=O) groups is 2. The maximum absolute atomic E-state index is 12.9. The molecule has 3 aromatic rings. The van der Waals surface area contributed by atoms with Gasteiger partial charge in [0.25, 0.3) is 11.8 Å². The zero-order chi connectivity index (χ0) is 24.3. The number of hydrogen-bond acceptors (Lipinski definition) is 7. The highest BCUT2D eigenvalue weighted by molar-refractivity contribution is 7.10. The molecule has 8 nitrogen and oxygen atoms in total. The van der Waals surface area contributed by atoms with Gasteiger partial charge in [-0.1, -0.05) is 12.1 Å². The topological polar surface area (TPSA) is 95.1 Å². The molecule has 0 fully saturated rings. The fourth-order valence-electron chi connectivity index (χ4n) is 2.97. The van der Waals surface area contributed by atoms with Crippen molar-refractivity contribution in [1.82, 2.24) is 10.6 Å². The number of ether oxygens (including phenoxy) is 4. The molecule has 0 bridgehead atoms. The molecule has 0 aliphatic heterocycles. The molecule has 3 rings (SSSR count). The summed E-state index contributed by atoms with van der Waals surface area (Å²) in [6, 6.07) is 15.7. The molecule has 178 valence electrons. The van der Waals surface area contributed by atoms with Crippen molar-refractivity contribution in [2.75, 3.05) is 34.5 Å². The number of carbonyl (C=O) groups excluding carboxylic acids is 2. The van der Waals surface area contributed by atoms with Crippen LogP contribution >= 0.6 is 11.3 Å². The molecule has 1 aromatic heterocycles. The first kappa shape index (κ1) is 24.7. The van der Waals surface area contributed by atoms with Crippen LogP contribution in [0.2, 0.25) is 0 Å². The van der Waals surface area contributed by atoms with Crippen molar-refractivity contribution < 1.29 is 28.5 Å². The van der Waals surface area contributed by atoms with E-state index in [0.29, 0.717) is 28.6 Å². The van der Waals surface area contributed by atoms with Crippen LogP contribution in [0.3, 0.4) is 0 Å². The van der Waals surface area contributed by atoms with Crippen LogP contribution in [0.4, 0.5) is 0 Å². The van der Waals surface area contributed by atoms with Crippen LogP contribution in [0.1, 0.15) is 15.2 Å². The van der Waals surface area contributed by atoms with Crippen LogP contribution in [0.5, 0.6) is 23.0 Å². The first-order chi connectivity index (χ1) is 16.5. The second kappa shape index (κ2) is 12.3. The lowest BCUT2D eigenvalue weighted by molar-refractivity contribution is -0.117. The number of methoxy groups -OCH3 is 3. The Bertz CT molecular complexity index is 1140. The highest BCUT2D eigenvalue weighted by atomic mass is 32.1. The highest BCUT2D eigenvalue weighted by Crippen LogP contribution is 2.27. The van der Waals surface area contributed by atoms with Gasteiger partial charge in [0.15, 0.2) is 11.5 Å². The van der Waals surface area contributed by atoms with Crippen LogP contribution in [0.25, 0.3) is 6.08 Å². The van der Waals surface area contributed by atoms with E-state index in [0.717, 1.165) is 4.88 Å². The third-order valence-corrected chi connectivity index (χ3v) is 5.49. The molecule has 0 aliphatic rings. The number of nitrogens with one attached hydrogen (secondary N) is 2. The first-order valence-corrected chi connectivity index (χ1v) is 11.3. The van der Waals surface area contributed by atoms with Gasteiger partial charge in [-0.3, -0.25) is 9.59 Å². The summed E-state index contributed by atoms with van der Waals surface area (Å²) in [7, 11) is 4.58. The molecule has 0 aliphatic carbocycles. The van der Waals surface area contributed by atoms with Gasteiger partial charge in [0.05, 0.1) is 27.9 Å². The minimum absolute atomic E-state index is 0.114. The summed E-state index contributed by atoms with van der Waals surface area (Å²) in [6.07, 6.45) is 1.63.